The van der Waals surface area contributed by atoms with E-state index >= 15 is 0 Å². The molecule has 1 aliphatic heterocycles. The number of hydrogen-bond acceptors (Lipinski definition) is 6. The maximum Gasteiger partial charge on any atom is 0.255 e. The van der Waals surface area contributed by atoms with E-state index < -0.39 is 21.9 Å². The van der Waals surface area contributed by atoms with Gasteiger partial charge in [-0.25, -0.2) is 13.4 Å². The predicted molar refractivity (Wildman–Crippen MR) is 112 cm³/mol. The van der Waals surface area contributed by atoms with Gasteiger partial charge in [-0.15, -0.1) is 0 Å². The van der Waals surface area contributed by atoms with Crippen molar-refractivity contribution in [3.63, 3.8) is 0 Å². The number of carbonyl (C=O) groups excluding carboxylic acids is 1. The fourth-order valence-electron chi connectivity index (χ4n) is 3.29. The molecule has 0 saturated carbocycles. The minimum absolute atomic E-state index is 0.0801. The summed E-state index contributed by atoms with van der Waals surface area (Å²) >= 11 is 0. The van der Waals surface area contributed by atoms with Gasteiger partial charge in [-0.05, 0) is 38.1 Å². The summed E-state index contributed by atoms with van der Waals surface area (Å²) in [5.74, 6) is -1.32. The first kappa shape index (κ1) is 22.1. The van der Waals surface area contributed by atoms with E-state index in [1.807, 2.05) is 18.7 Å². The highest BCUT2D eigenvalue weighted by molar-refractivity contribution is 7.89. The number of benzene rings is 1. The van der Waals surface area contributed by atoms with Gasteiger partial charge in [0.05, 0.1) is 29.5 Å². The Morgan fingerprint density at radius 2 is 1.90 bits per heavy atom. The summed E-state index contributed by atoms with van der Waals surface area (Å²) in [5.41, 5.74) is 1.12. The van der Waals surface area contributed by atoms with Crippen LogP contribution in [0, 0.1) is 5.95 Å². The van der Waals surface area contributed by atoms with E-state index in [-0.39, 0.29) is 23.5 Å². The third kappa shape index (κ3) is 4.77. The first-order valence-electron chi connectivity index (χ1n) is 9.76. The summed E-state index contributed by atoms with van der Waals surface area (Å²) in [6.45, 7) is 6.49. The number of nitrogens with zero attached hydrogens (tertiary/aromatic N) is 3. The Balaban J connectivity index is 1.99. The molecule has 162 valence electrons. The normalized spacial score (nSPS) is 15.0. The van der Waals surface area contributed by atoms with Gasteiger partial charge < -0.3 is 15.0 Å². The van der Waals surface area contributed by atoms with Crippen LogP contribution < -0.4 is 10.2 Å². The van der Waals surface area contributed by atoms with Crippen LogP contribution >= 0.6 is 0 Å². The predicted octanol–water partition coefficient (Wildman–Crippen LogP) is 2.34. The highest BCUT2D eigenvalue weighted by atomic mass is 32.2. The molecular formula is C20H25FN4O4S. The number of amides is 1. The summed E-state index contributed by atoms with van der Waals surface area (Å²) in [6, 6.07) is 7.10. The van der Waals surface area contributed by atoms with E-state index in [1.165, 1.54) is 22.6 Å². The van der Waals surface area contributed by atoms with Gasteiger partial charge in [-0.3, -0.25) is 4.79 Å². The number of anilines is 2. The van der Waals surface area contributed by atoms with E-state index in [0.717, 1.165) is 6.07 Å². The first-order chi connectivity index (χ1) is 14.4. The lowest BCUT2D eigenvalue weighted by atomic mass is 10.2. The van der Waals surface area contributed by atoms with Gasteiger partial charge in [-0.1, -0.05) is 0 Å². The van der Waals surface area contributed by atoms with Crippen LogP contribution in [-0.4, -0.2) is 63.0 Å². The molecule has 3 rings (SSSR count). The first-order valence-corrected chi connectivity index (χ1v) is 11.2. The molecule has 1 fully saturated rings. The largest absolute Gasteiger partial charge is 0.379 e. The van der Waals surface area contributed by atoms with E-state index in [9.17, 15) is 17.6 Å². The fraction of sp³-hybridized carbons (Fsp3) is 0.400. The number of halogens is 1. The molecule has 10 heteroatoms. The second kappa shape index (κ2) is 9.50. The maximum absolute atomic E-state index is 13.4. The molecule has 8 nitrogen and oxygen atoms in total. The maximum atomic E-state index is 13.4. The molecule has 0 radical (unpaired) electrons. The van der Waals surface area contributed by atoms with Gasteiger partial charge in [0.15, 0.2) is 0 Å². The summed E-state index contributed by atoms with van der Waals surface area (Å²) < 4.78 is 46.1. The standard InChI is InChI=1S/C20H25FN4O4S/c1-3-24(4-2)18-6-5-16(30(27,28)25-9-11-29-12-10-25)14-17(18)23-20(26)15-7-8-22-19(21)13-15/h5-8,13-14H,3-4,9-12H2,1-2H3,(H,23,26). The summed E-state index contributed by atoms with van der Waals surface area (Å²) in [5, 5.41) is 2.74. The molecule has 0 aliphatic carbocycles. The number of nitrogens with one attached hydrogen (secondary N) is 1. The van der Waals surface area contributed by atoms with E-state index in [2.05, 4.69) is 10.3 Å². The minimum Gasteiger partial charge on any atom is -0.379 e. The monoisotopic (exact) mass is 436 g/mol. The number of morpholine rings is 1. The SMILES string of the molecule is CCN(CC)c1ccc(S(=O)(=O)N2CCOCC2)cc1NC(=O)c1ccnc(F)c1. The van der Waals surface area contributed by atoms with Crippen molar-refractivity contribution in [3.8, 4) is 0 Å². The second-order valence-electron chi connectivity index (χ2n) is 6.69. The molecule has 1 amide bonds. The highest BCUT2D eigenvalue weighted by Gasteiger charge is 2.27. The van der Waals surface area contributed by atoms with Gasteiger partial charge in [0.25, 0.3) is 5.91 Å². The van der Waals surface area contributed by atoms with E-state index in [1.54, 1.807) is 12.1 Å². The Kier molecular flexibility index (Phi) is 7.01. The van der Waals surface area contributed by atoms with Crippen molar-refractivity contribution in [3.05, 3.63) is 48.0 Å². The van der Waals surface area contributed by atoms with Gasteiger partial charge in [-0.2, -0.15) is 8.70 Å². The van der Waals surface area contributed by atoms with E-state index in [0.29, 0.717) is 37.7 Å². The van der Waals surface area contributed by atoms with Crippen LogP contribution in [0.5, 0.6) is 0 Å². The zero-order chi connectivity index (χ0) is 21.7. The lowest BCUT2D eigenvalue weighted by Crippen LogP contribution is -2.40. The number of ether oxygens (including phenoxy) is 1. The molecule has 1 N–H and O–H groups in total. The Labute approximate surface area is 175 Å². The van der Waals surface area contributed by atoms with Crippen molar-refractivity contribution < 1.29 is 22.3 Å². The second-order valence-corrected chi connectivity index (χ2v) is 8.63. The number of aromatic nitrogens is 1. The minimum atomic E-state index is -3.73. The molecule has 2 aromatic rings. The van der Waals surface area contributed by atoms with Crippen molar-refractivity contribution in [2.24, 2.45) is 0 Å². The van der Waals surface area contributed by atoms with E-state index in [4.69, 9.17) is 4.74 Å². The molecular weight excluding hydrogens is 411 g/mol. The Morgan fingerprint density at radius 1 is 1.20 bits per heavy atom. The molecule has 0 unspecified atom stereocenters. The number of carbonyl (C=O) groups is 1. The summed E-state index contributed by atoms with van der Waals surface area (Å²) in [4.78, 5) is 18.2. The third-order valence-electron chi connectivity index (χ3n) is 4.92. The van der Waals surface area contributed by atoms with Crippen molar-refractivity contribution >= 4 is 27.3 Å². The molecule has 1 saturated heterocycles. The van der Waals surface area contributed by atoms with Gasteiger partial charge in [0.2, 0.25) is 16.0 Å². The Morgan fingerprint density at radius 3 is 2.53 bits per heavy atom. The van der Waals surface area contributed by atoms with Crippen LogP contribution in [0.15, 0.2) is 41.4 Å². The van der Waals surface area contributed by atoms with Crippen LogP contribution in [0.1, 0.15) is 24.2 Å². The molecule has 1 aromatic carbocycles. The number of sulfonamides is 1. The summed E-state index contributed by atoms with van der Waals surface area (Å²) in [7, 11) is -3.73. The molecule has 1 aromatic heterocycles. The molecule has 0 spiro atoms. The van der Waals surface area contributed by atoms with Gasteiger partial charge in [0, 0.05) is 44.0 Å². The Hall–Kier alpha value is -2.56. The highest BCUT2D eigenvalue weighted by Crippen LogP contribution is 2.31. The van der Waals surface area contributed by atoms with Crippen molar-refractivity contribution in [2.45, 2.75) is 18.7 Å². The van der Waals surface area contributed by atoms with Gasteiger partial charge >= 0.3 is 0 Å². The molecule has 2 heterocycles. The lowest BCUT2D eigenvalue weighted by molar-refractivity contribution is 0.0730. The van der Waals surface area contributed by atoms with Gasteiger partial charge in [0.1, 0.15) is 0 Å². The molecule has 30 heavy (non-hydrogen) atoms. The smallest absolute Gasteiger partial charge is 0.255 e. The fourth-order valence-corrected chi connectivity index (χ4v) is 4.72. The third-order valence-corrected chi connectivity index (χ3v) is 6.81. The van der Waals surface area contributed by atoms with Crippen molar-refractivity contribution in [1.82, 2.24) is 9.29 Å². The number of rotatable bonds is 7. The van der Waals surface area contributed by atoms with Crippen LogP contribution in [0.4, 0.5) is 15.8 Å². The van der Waals surface area contributed by atoms with Crippen molar-refractivity contribution in [2.75, 3.05) is 49.6 Å². The zero-order valence-corrected chi connectivity index (χ0v) is 17.8. The number of hydrogen-bond donors (Lipinski definition) is 1. The average molecular weight is 437 g/mol. The quantitative estimate of drug-likeness (QED) is 0.670. The topological polar surface area (TPSA) is 91.8 Å². The number of pyridine rings is 1. The zero-order valence-electron chi connectivity index (χ0n) is 17.0. The molecule has 0 atom stereocenters. The lowest BCUT2D eigenvalue weighted by Gasteiger charge is -2.28. The van der Waals surface area contributed by atoms with Crippen LogP contribution in [0.3, 0.4) is 0 Å². The van der Waals surface area contributed by atoms with Crippen LogP contribution in [-0.2, 0) is 14.8 Å². The molecule has 0 bridgehead atoms. The summed E-state index contributed by atoms with van der Waals surface area (Å²) in [6.07, 6.45) is 1.20. The van der Waals surface area contributed by atoms with Crippen LogP contribution in [0.2, 0.25) is 0 Å². The Bertz CT molecular complexity index is 1010. The van der Waals surface area contributed by atoms with Crippen molar-refractivity contribution in [1.29, 1.82) is 0 Å². The van der Waals surface area contributed by atoms with Crippen LogP contribution in [0.25, 0.3) is 0 Å². The molecule has 1 aliphatic rings. The average Bonchev–Trinajstić information content (AvgIpc) is 2.76.